The summed E-state index contributed by atoms with van der Waals surface area (Å²) in [6.07, 6.45) is 1.08. The third kappa shape index (κ3) is 3.74. The zero-order valence-corrected chi connectivity index (χ0v) is 17.7. The Bertz CT molecular complexity index is 1270. The van der Waals surface area contributed by atoms with E-state index in [1.807, 2.05) is 17.4 Å². The number of fused-ring (bicyclic) bond motifs is 1. The third-order valence-electron chi connectivity index (χ3n) is 5.53. The van der Waals surface area contributed by atoms with Crippen LogP contribution in [0.5, 0.6) is 0 Å². The van der Waals surface area contributed by atoms with Crippen LogP contribution in [0.1, 0.15) is 12.5 Å². The number of nitrogens with one attached hydrogen (secondary N) is 1. The molecule has 0 saturated heterocycles. The van der Waals surface area contributed by atoms with Crippen molar-refractivity contribution < 1.29 is 0 Å². The van der Waals surface area contributed by atoms with Crippen molar-refractivity contribution in [2.45, 2.75) is 13.3 Å². The molecule has 1 heterocycles. The predicted octanol–water partition coefficient (Wildman–Crippen LogP) is 8.54. The molecule has 1 nitrogen and oxygen atoms in total. The summed E-state index contributed by atoms with van der Waals surface area (Å²) in [6.45, 7) is 2.22. The van der Waals surface area contributed by atoms with Crippen molar-refractivity contribution in [1.29, 1.82) is 0 Å². The smallest absolute Gasteiger partial charge is 0.0384 e. The second-order valence-corrected chi connectivity index (χ2v) is 8.38. The zero-order valence-electron chi connectivity index (χ0n) is 16.9. The summed E-state index contributed by atoms with van der Waals surface area (Å²) in [5, 5.41) is 7.18. The van der Waals surface area contributed by atoms with E-state index in [0.29, 0.717) is 0 Å². The van der Waals surface area contributed by atoms with Crippen LogP contribution >= 0.6 is 11.3 Å². The molecule has 4 aromatic carbocycles. The van der Waals surface area contributed by atoms with E-state index in [4.69, 9.17) is 0 Å². The van der Waals surface area contributed by atoms with Crippen LogP contribution in [0.2, 0.25) is 0 Å². The van der Waals surface area contributed by atoms with Crippen molar-refractivity contribution in [2.75, 3.05) is 5.32 Å². The van der Waals surface area contributed by atoms with Gasteiger partial charge < -0.3 is 5.32 Å². The molecule has 0 spiro atoms. The van der Waals surface area contributed by atoms with Gasteiger partial charge in [0.25, 0.3) is 0 Å². The Morgan fingerprint density at radius 1 is 0.633 bits per heavy atom. The lowest BCUT2D eigenvalue weighted by Gasteiger charge is -2.09. The maximum Gasteiger partial charge on any atom is 0.0384 e. The Kier molecular flexibility index (Phi) is 5.08. The molecule has 0 saturated carbocycles. The molecule has 0 bridgehead atoms. The van der Waals surface area contributed by atoms with Gasteiger partial charge >= 0.3 is 0 Å². The van der Waals surface area contributed by atoms with Crippen LogP contribution in [0, 0.1) is 0 Å². The van der Waals surface area contributed by atoms with Crippen LogP contribution in [-0.4, -0.2) is 0 Å². The minimum atomic E-state index is 1.08. The lowest BCUT2D eigenvalue weighted by Crippen LogP contribution is -1.90. The Morgan fingerprint density at radius 2 is 1.20 bits per heavy atom. The molecule has 0 unspecified atom stereocenters. The van der Waals surface area contributed by atoms with E-state index in [9.17, 15) is 0 Å². The van der Waals surface area contributed by atoms with Crippen molar-refractivity contribution in [3.63, 3.8) is 0 Å². The largest absolute Gasteiger partial charge is 0.356 e. The van der Waals surface area contributed by atoms with Gasteiger partial charge in [0.1, 0.15) is 0 Å². The first-order valence-corrected chi connectivity index (χ1v) is 11.2. The van der Waals surface area contributed by atoms with Gasteiger partial charge in [0, 0.05) is 16.1 Å². The number of hydrogen-bond donors (Lipinski definition) is 1. The first kappa shape index (κ1) is 18.7. The molecule has 0 fully saturated rings. The van der Waals surface area contributed by atoms with E-state index in [-0.39, 0.29) is 0 Å². The van der Waals surface area contributed by atoms with Crippen LogP contribution < -0.4 is 5.32 Å². The fourth-order valence-corrected chi connectivity index (χ4v) is 4.85. The quantitative estimate of drug-likeness (QED) is 0.309. The molecule has 5 aromatic rings. The summed E-state index contributed by atoms with van der Waals surface area (Å²) in [7, 11) is 0. The summed E-state index contributed by atoms with van der Waals surface area (Å²) < 4.78 is 1.37. The number of hydrogen-bond acceptors (Lipinski definition) is 2. The Balaban J connectivity index is 1.34. The second-order valence-electron chi connectivity index (χ2n) is 7.47. The molecule has 146 valence electrons. The topological polar surface area (TPSA) is 12.0 Å². The number of aryl methyl sites for hydroxylation is 1. The normalized spacial score (nSPS) is 11.0. The SMILES string of the molecule is CCc1csc2ccc(-c3ccc(Nc4ccc(-c5ccccc5)cc4)cc3)cc12. The fourth-order valence-electron chi connectivity index (χ4n) is 3.82. The molecule has 0 aliphatic carbocycles. The zero-order chi connectivity index (χ0) is 20.3. The maximum absolute atomic E-state index is 3.51. The predicted molar refractivity (Wildman–Crippen MR) is 132 cm³/mol. The van der Waals surface area contributed by atoms with E-state index in [1.165, 1.54) is 37.9 Å². The summed E-state index contributed by atoms with van der Waals surface area (Å²) in [5.74, 6) is 0. The molecule has 1 aromatic heterocycles. The van der Waals surface area contributed by atoms with Gasteiger partial charge in [0.2, 0.25) is 0 Å². The van der Waals surface area contributed by atoms with Crippen molar-refractivity contribution in [2.24, 2.45) is 0 Å². The number of rotatable bonds is 5. The highest BCUT2D eigenvalue weighted by Crippen LogP contribution is 2.32. The highest BCUT2D eigenvalue weighted by atomic mass is 32.1. The van der Waals surface area contributed by atoms with Gasteiger partial charge in [-0.3, -0.25) is 0 Å². The first-order chi connectivity index (χ1) is 14.8. The number of thiophene rings is 1. The second kappa shape index (κ2) is 8.17. The van der Waals surface area contributed by atoms with Gasteiger partial charge in [-0.15, -0.1) is 11.3 Å². The average molecular weight is 406 g/mol. The molecule has 5 rings (SSSR count). The average Bonchev–Trinajstić information content (AvgIpc) is 3.23. The molecule has 0 aliphatic heterocycles. The molecule has 0 atom stereocenters. The van der Waals surface area contributed by atoms with Gasteiger partial charge in [-0.05, 0) is 81.4 Å². The number of anilines is 2. The monoisotopic (exact) mass is 405 g/mol. The minimum Gasteiger partial charge on any atom is -0.356 e. The van der Waals surface area contributed by atoms with E-state index in [2.05, 4.69) is 109 Å². The molecule has 0 radical (unpaired) electrons. The van der Waals surface area contributed by atoms with E-state index in [1.54, 1.807) is 0 Å². The lowest BCUT2D eigenvalue weighted by molar-refractivity contribution is 1.17. The summed E-state index contributed by atoms with van der Waals surface area (Å²) in [6, 6.07) is 34.5. The van der Waals surface area contributed by atoms with Gasteiger partial charge in [-0.1, -0.05) is 67.6 Å². The van der Waals surface area contributed by atoms with E-state index < -0.39 is 0 Å². The van der Waals surface area contributed by atoms with Gasteiger partial charge in [0.05, 0.1) is 0 Å². The van der Waals surface area contributed by atoms with Gasteiger partial charge in [0.15, 0.2) is 0 Å². The van der Waals surface area contributed by atoms with Crippen molar-refractivity contribution in [1.82, 2.24) is 0 Å². The summed E-state index contributed by atoms with van der Waals surface area (Å²) in [4.78, 5) is 0. The highest BCUT2D eigenvalue weighted by Gasteiger charge is 2.06. The van der Waals surface area contributed by atoms with Crippen LogP contribution in [-0.2, 0) is 6.42 Å². The Labute approximate surface area is 181 Å². The molecule has 30 heavy (non-hydrogen) atoms. The van der Waals surface area contributed by atoms with Crippen LogP contribution in [0.4, 0.5) is 11.4 Å². The summed E-state index contributed by atoms with van der Waals surface area (Å²) in [5.41, 5.74) is 8.61. The molecule has 1 N–H and O–H groups in total. The first-order valence-electron chi connectivity index (χ1n) is 10.3. The van der Waals surface area contributed by atoms with Gasteiger partial charge in [-0.25, -0.2) is 0 Å². The van der Waals surface area contributed by atoms with Crippen molar-refractivity contribution in [3.05, 3.63) is 108 Å². The lowest BCUT2D eigenvalue weighted by atomic mass is 10.0. The standard InChI is InChI=1S/C28H23NS/c1-2-20-19-30-28-17-12-24(18-27(20)28)23-10-15-26(16-11-23)29-25-13-8-22(9-14-25)21-6-4-3-5-7-21/h3-19,29H,2H2,1H3. The van der Waals surface area contributed by atoms with Crippen LogP contribution in [0.25, 0.3) is 32.3 Å². The van der Waals surface area contributed by atoms with Crippen molar-refractivity contribution in [3.8, 4) is 22.3 Å². The third-order valence-corrected chi connectivity index (χ3v) is 6.55. The molecular formula is C28H23NS. The molecule has 0 amide bonds. The minimum absolute atomic E-state index is 1.08. The summed E-state index contributed by atoms with van der Waals surface area (Å²) >= 11 is 1.84. The Hall–Kier alpha value is -3.36. The van der Waals surface area contributed by atoms with E-state index in [0.717, 1.165) is 17.8 Å². The Morgan fingerprint density at radius 3 is 1.83 bits per heavy atom. The van der Waals surface area contributed by atoms with Gasteiger partial charge in [-0.2, -0.15) is 0 Å². The fraction of sp³-hybridized carbons (Fsp3) is 0.0714. The van der Waals surface area contributed by atoms with Crippen molar-refractivity contribution >= 4 is 32.8 Å². The number of benzene rings is 4. The van der Waals surface area contributed by atoms with E-state index >= 15 is 0 Å². The van der Waals surface area contributed by atoms with Crippen LogP contribution in [0.3, 0.4) is 0 Å². The molecule has 2 heteroatoms. The van der Waals surface area contributed by atoms with Crippen LogP contribution in [0.15, 0.2) is 102 Å². The molecular weight excluding hydrogens is 382 g/mol. The highest BCUT2D eigenvalue weighted by molar-refractivity contribution is 7.17. The maximum atomic E-state index is 3.51. The molecule has 0 aliphatic rings.